The molecule has 0 fully saturated rings. The quantitative estimate of drug-likeness (QED) is 0.667. The minimum Gasteiger partial charge on any atom is -0.494 e. The molecular weight excluding hydrogens is 307 g/mol. The second-order valence-corrected chi connectivity index (χ2v) is 5.51. The van der Waals surface area contributed by atoms with E-state index in [1.807, 2.05) is 31.3 Å². The van der Waals surface area contributed by atoms with Gasteiger partial charge in [-0.25, -0.2) is 0 Å². The summed E-state index contributed by atoms with van der Waals surface area (Å²) in [5.74, 6) is 0.171. The summed E-state index contributed by atoms with van der Waals surface area (Å²) in [5, 5.41) is 12.2. The molecule has 0 unspecified atom stereocenters. The predicted octanol–water partition coefficient (Wildman–Crippen LogP) is 4.94. The Morgan fingerprint density at radius 2 is 1.90 bits per heavy atom. The number of para-hydroxylation sites is 1. The van der Waals surface area contributed by atoms with Crippen LogP contribution in [0.15, 0.2) is 47.5 Å². The molecule has 0 aliphatic carbocycles. The molecule has 0 radical (unpaired) electrons. The van der Waals surface area contributed by atoms with Gasteiger partial charge in [0, 0.05) is 23.7 Å². The van der Waals surface area contributed by atoms with Crippen LogP contribution >= 0.6 is 23.2 Å². The Kier molecular flexibility index (Phi) is 3.62. The molecule has 21 heavy (non-hydrogen) atoms. The Balaban J connectivity index is 2.09. The van der Waals surface area contributed by atoms with Crippen LogP contribution < -0.4 is 0 Å². The minimum atomic E-state index is 0.171. The number of aromatic hydroxyl groups is 1. The molecule has 1 N–H and O–H groups in total. The molecule has 0 saturated carbocycles. The van der Waals surface area contributed by atoms with Crippen molar-refractivity contribution < 1.29 is 5.11 Å². The van der Waals surface area contributed by atoms with Crippen molar-refractivity contribution in [1.29, 1.82) is 0 Å². The van der Waals surface area contributed by atoms with E-state index in [0.29, 0.717) is 21.3 Å². The number of hydrogen-bond acceptors (Lipinski definition) is 2. The minimum absolute atomic E-state index is 0.171. The third-order valence-corrected chi connectivity index (χ3v) is 3.89. The fraction of sp³-hybridized carbons (Fsp3) is 0.0625. The van der Waals surface area contributed by atoms with Crippen molar-refractivity contribution in [3.05, 3.63) is 58.1 Å². The largest absolute Gasteiger partial charge is 0.494 e. The molecule has 0 spiro atoms. The van der Waals surface area contributed by atoms with Crippen LogP contribution in [0.25, 0.3) is 10.9 Å². The predicted molar refractivity (Wildman–Crippen MR) is 88.3 cm³/mol. The number of rotatable bonds is 2. The first-order valence-corrected chi connectivity index (χ1v) is 7.09. The van der Waals surface area contributed by atoms with Crippen LogP contribution in [0, 0.1) is 0 Å². The zero-order valence-corrected chi connectivity index (χ0v) is 12.7. The third kappa shape index (κ3) is 2.50. The molecule has 5 heteroatoms. The van der Waals surface area contributed by atoms with E-state index in [0.717, 1.165) is 10.9 Å². The van der Waals surface area contributed by atoms with Crippen molar-refractivity contribution >= 4 is 46.0 Å². The highest BCUT2D eigenvalue weighted by atomic mass is 35.5. The molecule has 3 nitrogen and oxygen atoms in total. The summed E-state index contributed by atoms with van der Waals surface area (Å²) in [5.41, 5.74) is 2.21. The average molecular weight is 319 g/mol. The van der Waals surface area contributed by atoms with Crippen molar-refractivity contribution in [3.8, 4) is 5.88 Å². The van der Waals surface area contributed by atoms with Crippen molar-refractivity contribution in [2.24, 2.45) is 12.0 Å². The van der Waals surface area contributed by atoms with Crippen molar-refractivity contribution in [2.45, 2.75) is 0 Å². The number of fused-ring (bicyclic) bond motifs is 1. The Morgan fingerprint density at radius 1 is 1.14 bits per heavy atom. The molecule has 0 bridgehead atoms. The fourth-order valence-electron chi connectivity index (χ4n) is 2.26. The SMILES string of the molecule is Cn1c(O)c(C=Nc2ccc(Cl)cc2Cl)c2ccccc21. The smallest absolute Gasteiger partial charge is 0.200 e. The molecule has 0 aliphatic rings. The summed E-state index contributed by atoms with van der Waals surface area (Å²) < 4.78 is 1.72. The van der Waals surface area contributed by atoms with E-state index < -0.39 is 0 Å². The molecule has 3 rings (SSSR count). The summed E-state index contributed by atoms with van der Waals surface area (Å²) in [4.78, 5) is 4.35. The third-order valence-electron chi connectivity index (χ3n) is 3.36. The number of hydrogen-bond donors (Lipinski definition) is 1. The van der Waals surface area contributed by atoms with Gasteiger partial charge in [0.05, 0.1) is 21.8 Å². The van der Waals surface area contributed by atoms with E-state index in [9.17, 15) is 5.11 Å². The Hall–Kier alpha value is -1.97. The second kappa shape index (κ2) is 5.43. The highest BCUT2D eigenvalue weighted by molar-refractivity contribution is 6.36. The fourth-order valence-corrected chi connectivity index (χ4v) is 2.71. The maximum atomic E-state index is 10.2. The van der Waals surface area contributed by atoms with Crippen molar-refractivity contribution in [3.63, 3.8) is 0 Å². The molecule has 0 amide bonds. The van der Waals surface area contributed by atoms with E-state index in [1.165, 1.54) is 0 Å². The Labute approximate surface area is 132 Å². The average Bonchev–Trinajstić information content (AvgIpc) is 2.71. The van der Waals surface area contributed by atoms with E-state index in [-0.39, 0.29) is 5.88 Å². The van der Waals surface area contributed by atoms with Gasteiger partial charge in [-0.05, 0) is 24.3 Å². The number of aryl methyl sites for hydroxylation is 1. The summed E-state index contributed by atoms with van der Waals surface area (Å²) in [6, 6.07) is 12.8. The van der Waals surface area contributed by atoms with Crippen molar-refractivity contribution in [2.75, 3.05) is 0 Å². The van der Waals surface area contributed by atoms with Gasteiger partial charge in [-0.2, -0.15) is 0 Å². The van der Waals surface area contributed by atoms with Gasteiger partial charge in [0.2, 0.25) is 5.88 Å². The van der Waals surface area contributed by atoms with Crippen LogP contribution in [0.3, 0.4) is 0 Å². The highest BCUT2D eigenvalue weighted by Crippen LogP contribution is 2.31. The Bertz CT molecular complexity index is 853. The van der Waals surface area contributed by atoms with E-state index in [4.69, 9.17) is 23.2 Å². The Morgan fingerprint density at radius 3 is 2.67 bits per heavy atom. The lowest BCUT2D eigenvalue weighted by Crippen LogP contribution is -1.86. The molecule has 106 valence electrons. The molecule has 2 aromatic carbocycles. The number of aromatic nitrogens is 1. The number of aliphatic imine (C=N–C) groups is 1. The first-order valence-electron chi connectivity index (χ1n) is 6.33. The number of nitrogens with zero attached hydrogens (tertiary/aromatic N) is 2. The van der Waals surface area contributed by atoms with Crippen LogP contribution in [-0.2, 0) is 7.05 Å². The monoisotopic (exact) mass is 318 g/mol. The molecule has 0 saturated heterocycles. The van der Waals surface area contributed by atoms with E-state index in [1.54, 1.807) is 29.0 Å². The summed E-state index contributed by atoms with van der Waals surface area (Å²) in [6.45, 7) is 0. The first kappa shape index (κ1) is 14.0. The van der Waals surface area contributed by atoms with Gasteiger partial charge in [0.15, 0.2) is 0 Å². The van der Waals surface area contributed by atoms with Gasteiger partial charge in [-0.15, -0.1) is 0 Å². The lowest BCUT2D eigenvalue weighted by molar-refractivity contribution is 0.434. The summed E-state index contributed by atoms with van der Waals surface area (Å²) >= 11 is 12.0. The maximum Gasteiger partial charge on any atom is 0.200 e. The van der Waals surface area contributed by atoms with Crippen LogP contribution in [0.2, 0.25) is 10.0 Å². The lowest BCUT2D eigenvalue weighted by atomic mass is 10.2. The van der Waals surface area contributed by atoms with Gasteiger partial charge in [0.1, 0.15) is 0 Å². The zero-order valence-electron chi connectivity index (χ0n) is 11.2. The summed E-state index contributed by atoms with van der Waals surface area (Å²) in [7, 11) is 1.81. The van der Waals surface area contributed by atoms with Gasteiger partial charge in [0.25, 0.3) is 0 Å². The lowest BCUT2D eigenvalue weighted by Gasteiger charge is -1.98. The molecule has 0 aliphatic heterocycles. The van der Waals surface area contributed by atoms with Crippen LogP contribution in [0.4, 0.5) is 5.69 Å². The molecule has 1 aromatic heterocycles. The van der Waals surface area contributed by atoms with Crippen LogP contribution in [-0.4, -0.2) is 15.9 Å². The number of halogens is 2. The second-order valence-electron chi connectivity index (χ2n) is 4.67. The highest BCUT2D eigenvalue weighted by Gasteiger charge is 2.12. The molecule has 0 atom stereocenters. The van der Waals surface area contributed by atoms with Gasteiger partial charge in [-0.1, -0.05) is 41.4 Å². The van der Waals surface area contributed by atoms with Gasteiger partial charge in [-0.3, -0.25) is 4.99 Å². The van der Waals surface area contributed by atoms with Gasteiger partial charge < -0.3 is 9.67 Å². The van der Waals surface area contributed by atoms with Crippen LogP contribution in [0.5, 0.6) is 5.88 Å². The molecule has 1 heterocycles. The van der Waals surface area contributed by atoms with E-state index >= 15 is 0 Å². The normalized spacial score (nSPS) is 11.6. The maximum absolute atomic E-state index is 10.2. The number of benzene rings is 2. The first-order chi connectivity index (χ1) is 10.1. The van der Waals surface area contributed by atoms with Crippen LogP contribution in [0.1, 0.15) is 5.56 Å². The zero-order chi connectivity index (χ0) is 15.0. The topological polar surface area (TPSA) is 37.5 Å². The summed E-state index contributed by atoms with van der Waals surface area (Å²) in [6.07, 6.45) is 1.62. The van der Waals surface area contributed by atoms with E-state index in [2.05, 4.69) is 4.99 Å². The molecular formula is C16H12Cl2N2O. The standard InChI is InChI=1S/C16H12Cl2N2O/c1-20-15-5-3-2-4-11(15)12(16(20)21)9-19-14-7-6-10(17)8-13(14)18/h2-9,21H,1H3. The molecule has 3 aromatic rings. The van der Waals surface area contributed by atoms with Crippen molar-refractivity contribution in [1.82, 2.24) is 4.57 Å². The van der Waals surface area contributed by atoms with Gasteiger partial charge >= 0.3 is 0 Å².